The van der Waals surface area contributed by atoms with Crippen LogP contribution in [0.5, 0.6) is 11.6 Å². The van der Waals surface area contributed by atoms with Crippen LogP contribution in [-0.2, 0) is 4.79 Å². The SMILES string of the molecule is CCN(C(=O)c1cc(F)ccc1Oc1nncnc1N1CC2(CCN(CC3CCC4(CCC(=O)N4)CC3)CC2)C1)C1CC1. The number of carbonyl (C=O) groups excluding carboxylic acids is 2. The molecule has 0 unspecified atom stereocenters. The summed E-state index contributed by atoms with van der Waals surface area (Å²) >= 11 is 0. The third kappa shape index (κ3) is 5.80. The minimum Gasteiger partial charge on any atom is -0.434 e. The smallest absolute Gasteiger partial charge is 0.282 e. The van der Waals surface area contributed by atoms with Crippen molar-refractivity contribution in [2.24, 2.45) is 11.3 Å². The number of carbonyl (C=O) groups is 2. The first kappa shape index (κ1) is 28.4. The van der Waals surface area contributed by atoms with Gasteiger partial charge in [-0.1, -0.05) is 0 Å². The lowest BCUT2D eigenvalue weighted by Gasteiger charge is -2.54. The lowest BCUT2D eigenvalue weighted by atomic mass is 9.71. The number of anilines is 1. The second kappa shape index (κ2) is 11.3. The number of nitrogens with one attached hydrogen (secondary N) is 1. The molecule has 1 N–H and O–H groups in total. The number of hydrogen-bond acceptors (Lipinski definition) is 8. The molecule has 2 amide bonds. The van der Waals surface area contributed by atoms with Crippen LogP contribution in [0.2, 0.25) is 0 Å². The summed E-state index contributed by atoms with van der Waals surface area (Å²) in [5, 5.41) is 11.4. The summed E-state index contributed by atoms with van der Waals surface area (Å²) < 4.78 is 20.4. The number of nitrogens with zero attached hydrogens (tertiary/aromatic N) is 6. The van der Waals surface area contributed by atoms with E-state index < -0.39 is 5.82 Å². The number of rotatable bonds is 8. The maximum Gasteiger partial charge on any atom is 0.282 e. The normalized spacial score (nSPS) is 26.8. The van der Waals surface area contributed by atoms with E-state index >= 15 is 0 Å². The molecule has 0 radical (unpaired) electrons. The van der Waals surface area contributed by atoms with Gasteiger partial charge in [0.15, 0.2) is 5.82 Å². The van der Waals surface area contributed by atoms with Gasteiger partial charge in [0.05, 0.1) is 5.56 Å². The zero-order valence-corrected chi connectivity index (χ0v) is 25.1. The fraction of sp³-hybridized carbons (Fsp3) is 0.656. The van der Waals surface area contributed by atoms with E-state index in [0.717, 1.165) is 83.6 Å². The number of halogens is 1. The van der Waals surface area contributed by atoms with Gasteiger partial charge in [-0.05, 0) is 102 Å². The molecule has 1 aromatic heterocycles. The quantitative estimate of drug-likeness (QED) is 0.488. The van der Waals surface area contributed by atoms with E-state index in [2.05, 4.69) is 30.3 Å². The molecule has 5 aliphatic rings. The Morgan fingerprint density at radius 3 is 2.56 bits per heavy atom. The molecule has 4 heterocycles. The molecule has 0 bridgehead atoms. The molecular formula is C32H42FN7O3. The highest BCUT2D eigenvalue weighted by Gasteiger charge is 2.47. The molecule has 2 aliphatic carbocycles. The summed E-state index contributed by atoms with van der Waals surface area (Å²) in [6, 6.07) is 4.25. The van der Waals surface area contributed by atoms with Gasteiger partial charge < -0.3 is 24.8 Å². The first-order valence-electron chi connectivity index (χ1n) is 16.1. The second-order valence-electron chi connectivity index (χ2n) is 13.6. The van der Waals surface area contributed by atoms with Crippen molar-refractivity contribution >= 4 is 17.6 Å². The summed E-state index contributed by atoms with van der Waals surface area (Å²) in [6.07, 6.45) is 12.0. The summed E-state index contributed by atoms with van der Waals surface area (Å²) in [7, 11) is 0. The molecule has 7 rings (SSSR count). The fourth-order valence-corrected chi connectivity index (χ4v) is 7.88. The van der Waals surface area contributed by atoms with Crippen LogP contribution >= 0.6 is 0 Å². The summed E-state index contributed by atoms with van der Waals surface area (Å²) in [5.74, 6) is 1.35. The monoisotopic (exact) mass is 591 g/mol. The average molecular weight is 592 g/mol. The van der Waals surface area contributed by atoms with Crippen molar-refractivity contribution in [3.63, 3.8) is 0 Å². The van der Waals surface area contributed by atoms with Crippen molar-refractivity contribution in [2.45, 2.75) is 82.7 Å². The van der Waals surface area contributed by atoms with E-state index in [0.29, 0.717) is 18.8 Å². The largest absolute Gasteiger partial charge is 0.434 e. The van der Waals surface area contributed by atoms with Gasteiger partial charge in [0, 0.05) is 49.6 Å². The molecule has 5 fully saturated rings. The Morgan fingerprint density at radius 1 is 1.12 bits per heavy atom. The van der Waals surface area contributed by atoms with Crippen LogP contribution in [0.15, 0.2) is 24.5 Å². The predicted molar refractivity (Wildman–Crippen MR) is 158 cm³/mol. The van der Waals surface area contributed by atoms with Gasteiger partial charge in [-0.25, -0.2) is 9.37 Å². The van der Waals surface area contributed by atoms with E-state index in [9.17, 15) is 14.0 Å². The highest BCUT2D eigenvalue weighted by atomic mass is 19.1. The Morgan fingerprint density at radius 2 is 1.88 bits per heavy atom. The second-order valence-corrected chi connectivity index (χ2v) is 13.6. The number of aromatic nitrogens is 3. The van der Waals surface area contributed by atoms with Crippen LogP contribution in [-0.4, -0.2) is 87.6 Å². The summed E-state index contributed by atoms with van der Waals surface area (Å²) in [5.41, 5.74) is 0.541. The fourth-order valence-electron chi connectivity index (χ4n) is 7.88. The topological polar surface area (TPSA) is 104 Å². The minimum atomic E-state index is -0.481. The van der Waals surface area contributed by atoms with Gasteiger partial charge in [-0.15, -0.1) is 10.2 Å². The lowest BCUT2D eigenvalue weighted by molar-refractivity contribution is -0.120. The van der Waals surface area contributed by atoms with Gasteiger partial charge in [-0.2, -0.15) is 0 Å². The van der Waals surface area contributed by atoms with E-state index in [1.807, 2.05) is 6.92 Å². The number of likely N-dealkylation sites (tertiary alicyclic amines) is 1. The average Bonchev–Trinajstić information content (AvgIpc) is 3.77. The molecular weight excluding hydrogens is 549 g/mol. The van der Waals surface area contributed by atoms with Crippen LogP contribution < -0.4 is 15.0 Å². The summed E-state index contributed by atoms with van der Waals surface area (Å²) in [6.45, 7) is 7.62. The molecule has 11 heteroatoms. The van der Waals surface area contributed by atoms with E-state index in [4.69, 9.17) is 4.74 Å². The van der Waals surface area contributed by atoms with Crippen molar-refractivity contribution in [1.29, 1.82) is 0 Å². The molecule has 10 nitrogen and oxygen atoms in total. The molecule has 1 aromatic carbocycles. The van der Waals surface area contributed by atoms with Crippen LogP contribution in [0.4, 0.5) is 10.2 Å². The van der Waals surface area contributed by atoms with Crippen LogP contribution in [0.25, 0.3) is 0 Å². The molecule has 43 heavy (non-hydrogen) atoms. The number of hydrogen-bond donors (Lipinski definition) is 1. The van der Waals surface area contributed by atoms with Crippen molar-refractivity contribution < 1.29 is 18.7 Å². The first-order valence-corrected chi connectivity index (χ1v) is 16.1. The summed E-state index contributed by atoms with van der Waals surface area (Å²) in [4.78, 5) is 36.2. The van der Waals surface area contributed by atoms with Crippen molar-refractivity contribution in [1.82, 2.24) is 30.3 Å². The van der Waals surface area contributed by atoms with Crippen molar-refractivity contribution in [3.8, 4) is 11.6 Å². The Bertz CT molecular complexity index is 1360. The zero-order chi connectivity index (χ0) is 29.6. The van der Waals surface area contributed by atoms with Gasteiger partial charge in [-0.3, -0.25) is 9.59 Å². The molecule has 3 saturated heterocycles. The van der Waals surface area contributed by atoms with Gasteiger partial charge >= 0.3 is 0 Å². The Kier molecular flexibility index (Phi) is 7.47. The van der Waals surface area contributed by atoms with Crippen molar-refractivity contribution in [3.05, 3.63) is 35.9 Å². The molecule has 2 saturated carbocycles. The van der Waals surface area contributed by atoms with Crippen LogP contribution in [0.3, 0.4) is 0 Å². The van der Waals surface area contributed by atoms with Crippen molar-refractivity contribution in [2.75, 3.05) is 44.2 Å². The third-order valence-corrected chi connectivity index (χ3v) is 10.6. The number of benzene rings is 1. The highest BCUT2D eigenvalue weighted by Crippen LogP contribution is 2.45. The molecule has 2 aromatic rings. The first-order chi connectivity index (χ1) is 20.8. The maximum atomic E-state index is 14.2. The van der Waals surface area contributed by atoms with Gasteiger partial charge in [0.1, 0.15) is 17.9 Å². The van der Waals surface area contributed by atoms with Crippen LogP contribution in [0.1, 0.15) is 81.5 Å². The molecule has 2 spiro atoms. The van der Waals surface area contributed by atoms with E-state index in [-0.39, 0.29) is 46.0 Å². The maximum absolute atomic E-state index is 14.2. The number of amides is 2. The highest BCUT2D eigenvalue weighted by molar-refractivity contribution is 5.97. The van der Waals surface area contributed by atoms with E-state index in [1.54, 1.807) is 4.90 Å². The number of ether oxygens (including phenoxy) is 1. The zero-order valence-electron chi connectivity index (χ0n) is 25.1. The predicted octanol–water partition coefficient (Wildman–Crippen LogP) is 4.17. The Labute approximate surface area is 252 Å². The molecule has 230 valence electrons. The Hall–Kier alpha value is -3.34. The van der Waals surface area contributed by atoms with E-state index in [1.165, 1.54) is 37.4 Å². The standard InChI is InChI=1S/C32H42FN7O3/c1-2-40(24-4-5-24)30(42)25-17-23(33)3-6-26(25)43-29-28(34-21-35-37-29)39-19-31(20-39)13-15-38(16-14-31)18-22-7-10-32(11-8-22)12-9-27(41)36-32/h3,6,17,21-22,24H,2,4-5,7-16,18-20H2,1H3,(H,36,41). The Balaban J connectivity index is 0.951. The lowest BCUT2D eigenvalue weighted by Crippen LogP contribution is -2.61. The molecule has 0 atom stereocenters. The molecule has 3 aliphatic heterocycles. The van der Waals surface area contributed by atoms with Gasteiger partial charge in [0.25, 0.3) is 11.8 Å². The van der Waals surface area contributed by atoms with Crippen LogP contribution in [0, 0.1) is 17.2 Å². The minimum absolute atomic E-state index is 0.0909. The third-order valence-electron chi connectivity index (χ3n) is 10.6. The number of piperidine rings is 1. The van der Waals surface area contributed by atoms with Gasteiger partial charge in [0.2, 0.25) is 5.91 Å².